The summed E-state index contributed by atoms with van der Waals surface area (Å²) in [5.74, 6) is -0.205. The molecule has 0 aliphatic carbocycles. The Balaban J connectivity index is 0.000000555. The van der Waals surface area contributed by atoms with E-state index in [1.165, 1.54) is 0 Å². The number of carbonyl (C=O) groups excluding carboxylic acids is 1. The first-order chi connectivity index (χ1) is 8.74. The van der Waals surface area contributed by atoms with E-state index < -0.39 is 16.4 Å². The Kier molecular flexibility index (Phi) is 7.68. The number of primary amides is 1. The first-order valence-corrected chi connectivity index (χ1v) is 6.57. The fourth-order valence-corrected chi connectivity index (χ4v) is 1.16. The van der Waals surface area contributed by atoms with Crippen molar-refractivity contribution >= 4 is 16.4 Å². The summed E-state index contributed by atoms with van der Waals surface area (Å²) in [6, 6.07) is 9.34. The molecule has 19 heavy (non-hydrogen) atoms. The monoisotopic (exact) mass is 292 g/mol. The van der Waals surface area contributed by atoms with Gasteiger partial charge in [-0.25, -0.2) is 9.93 Å². The topological polar surface area (TPSA) is 153 Å². The predicted octanol–water partition coefficient (Wildman–Crippen LogP) is -0.394. The fraction of sp³-hybridized carbons (Fsp3) is 0.300. The molecule has 1 atom stereocenters. The summed E-state index contributed by atoms with van der Waals surface area (Å²) >= 11 is 0. The van der Waals surface area contributed by atoms with Crippen molar-refractivity contribution in [2.75, 3.05) is 13.2 Å². The molecule has 0 saturated carbocycles. The number of hydrogen-bond acceptors (Lipinski definition) is 5. The summed E-state index contributed by atoms with van der Waals surface area (Å²) in [5.41, 5.74) is 5.76. The zero-order valence-electron chi connectivity index (χ0n) is 9.97. The van der Waals surface area contributed by atoms with Gasteiger partial charge in [-0.05, 0) is 5.56 Å². The number of nitrogens with two attached hydrogens (primary N) is 2. The lowest BCUT2D eigenvalue weighted by molar-refractivity contribution is 0.133. The summed E-state index contributed by atoms with van der Waals surface area (Å²) in [6.45, 7) is 0.0349. The van der Waals surface area contributed by atoms with E-state index in [0.29, 0.717) is 0 Å². The van der Waals surface area contributed by atoms with Crippen LogP contribution in [0.1, 0.15) is 11.5 Å². The highest BCUT2D eigenvalue weighted by Gasteiger charge is 2.11. The van der Waals surface area contributed by atoms with Crippen LogP contribution in [0.4, 0.5) is 4.79 Å². The van der Waals surface area contributed by atoms with Gasteiger partial charge in [-0.2, -0.15) is 8.42 Å². The van der Waals surface area contributed by atoms with Crippen molar-refractivity contribution < 1.29 is 27.6 Å². The summed E-state index contributed by atoms with van der Waals surface area (Å²) < 4.78 is 29.8. The van der Waals surface area contributed by atoms with Gasteiger partial charge in [-0.15, -0.1) is 0 Å². The Bertz CT molecular complexity index is 468. The molecule has 0 heterocycles. The van der Waals surface area contributed by atoms with Crippen molar-refractivity contribution in [1.82, 2.24) is 0 Å². The molecule has 0 spiro atoms. The molecule has 1 aromatic rings. The minimum absolute atomic E-state index is 0.0721. The molecule has 1 unspecified atom stereocenters. The maximum Gasteiger partial charge on any atom is 0.404 e. The maximum absolute atomic E-state index is 10.4. The Hall–Kier alpha value is -1.68. The quantitative estimate of drug-likeness (QED) is 0.554. The third-order valence-corrected chi connectivity index (χ3v) is 1.92. The molecule has 6 N–H and O–H groups in total. The molecule has 0 aliphatic heterocycles. The summed E-state index contributed by atoms with van der Waals surface area (Å²) in [4.78, 5) is 10.4. The van der Waals surface area contributed by atoms with Crippen molar-refractivity contribution in [3.8, 4) is 0 Å². The molecule has 0 bridgehead atoms. The van der Waals surface area contributed by atoms with Gasteiger partial charge in [-0.3, -0.25) is 4.55 Å². The Labute approximate surface area is 110 Å². The lowest BCUT2D eigenvalue weighted by Gasteiger charge is -2.13. The largest absolute Gasteiger partial charge is 0.449 e. The van der Waals surface area contributed by atoms with E-state index in [4.69, 9.17) is 23.8 Å². The van der Waals surface area contributed by atoms with Crippen molar-refractivity contribution in [2.24, 2.45) is 10.9 Å². The number of aliphatic hydroxyl groups is 1. The van der Waals surface area contributed by atoms with Crippen LogP contribution >= 0.6 is 0 Å². The molecule has 1 rings (SSSR count). The van der Waals surface area contributed by atoms with E-state index >= 15 is 0 Å². The molecule has 0 aliphatic rings. The van der Waals surface area contributed by atoms with Gasteiger partial charge in [0.2, 0.25) is 0 Å². The highest BCUT2D eigenvalue weighted by atomic mass is 32.2. The van der Waals surface area contributed by atoms with Gasteiger partial charge in [0.05, 0.1) is 6.61 Å². The van der Waals surface area contributed by atoms with Crippen LogP contribution in [-0.4, -0.2) is 37.4 Å². The van der Waals surface area contributed by atoms with E-state index in [1.807, 2.05) is 30.3 Å². The molecule has 8 nitrogen and oxygen atoms in total. The van der Waals surface area contributed by atoms with Gasteiger partial charge in [-0.1, -0.05) is 30.3 Å². The average Bonchev–Trinajstić information content (AvgIpc) is 2.28. The van der Waals surface area contributed by atoms with Crippen LogP contribution < -0.4 is 10.9 Å². The number of amides is 1. The highest BCUT2D eigenvalue weighted by molar-refractivity contribution is 7.83. The molecule has 0 aromatic heterocycles. The molecule has 0 saturated heterocycles. The second kappa shape index (κ2) is 8.43. The van der Waals surface area contributed by atoms with Gasteiger partial charge in [0.15, 0.2) is 0 Å². The van der Waals surface area contributed by atoms with Crippen LogP contribution in [0, 0.1) is 0 Å². The van der Waals surface area contributed by atoms with Gasteiger partial charge in [0, 0.05) is 5.92 Å². The molecule has 0 fully saturated rings. The zero-order valence-corrected chi connectivity index (χ0v) is 10.8. The van der Waals surface area contributed by atoms with Gasteiger partial charge >= 0.3 is 16.4 Å². The van der Waals surface area contributed by atoms with Gasteiger partial charge < -0.3 is 15.6 Å². The van der Waals surface area contributed by atoms with E-state index in [9.17, 15) is 4.79 Å². The molecule has 1 amide bonds. The van der Waals surface area contributed by atoms with Crippen LogP contribution in [0.25, 0.3) is 0 Å². The number of hydrogen-bond donors (Lipinski definition) is 4. The smallest absolute Gasteiger partial charge is 0.404 e. The van der Waals surface area contributed by atoms with E-state index in [0.717, 1.165) is 5.56 Å². The zero-order chi connectivity index (χ0) is 14.9. The standard InChI is InChI=1S/C10H13NO3.H3NO3S/c11-10(13)14-7-9(6-12)8-4-2-1-3-5-8;1-5(2,3)4/h1-5,9,12H,6-7H2,(H2,11,13);(H3,1,2,3,4). The number of aliphatic hydroxyl groups excluding tert-OH is 1. The summed E-state index contributed by atoms with van der Waals surface area (Å²) in [7, 11) is -4.17. The minimum Gasteiger partial charge on any atom is -0.449 e. The third kappa shape index (κ3) is 11.2. The van der Waals surface area contributed by atoms with Crippen LogP contribution in [0.15, 0.2) is 30.3 Å². The van der Waals surface area contributed by atoms with Crippen molar-refractivity contribution in [1.29, 1.82) is 0 Å². The molecule has 1 aromatic carbocycles. The normalized spacial score (nSPS) is 11.9. The fourth-order valence-electron chi connectivity index (χ4n) is 1.16. The lowest BCUT2D eigenvalue weighted by atomic mass is 10.0. The molecule has 0 radical (unpaired) electrons. The average molecular weight is 292 g/mol. The van der Waals surface area contributed by atoms with Gasteiger partial charge in [0.1, 0.15) is 6.61 Å². The molecule has 108 valence electrons. The predicted molar refractivity (Wildman–Crippen MR) is 67.5 cm³/mol. The summed E-state index contributed by atoms with van der Waals surface area (Å²) in [5, 5.41) is 12.9. The SMILES string of the molecule is NC(=O)OCC(CO)c1ccccc1.NS(=O)(=O)O. The summed E-state index contributed by atoms with van der Waals surface area (Å²) in [6.07, 6.45) is -0.820. The van der Waals surface area contributed by atoms with Crippen molar-refractivity contribution in [3.05, 3.63) is 35.9 Å². The van der Waals surface area contributed by atoms with E-state index in [1.54, 1.807) is 0 Å². The second-order valence-corrected chi connectivity index (χ2v) is 4.47. The maximum atomic E-state index is 10.4. The van der Waals surface area contributed by atoms with Crippen molar-refractivity contribution in [3.63, 3.8) is 0 Å². The van der Waals surface area contributed by atoms with Gasteiger partial charge in [0.25, 0.3) is 0 Å². The van der Waals surface area contributed by atoms with Crippen LogP contribution in [-0.2, 0) is 15.0 Å². The lowest BCUT2D eigenvalue weighted by Crippen LogP contribution is -2.19. The third-order valence-electron chi connectivity index (χ3n) is 1.92. The molecule has 9 heteroatoms. The van der Waals surface area contributed by atoms with Crippen LogP contribution in [0.5, 0.6) is 0 Å². The number of rotatable bonds is 4. The first kappa shape index (κ1) is 17.3. The number of carbonyl (C=O) groups is 1. The Morgan fingerprint density at radius 3 is 2.16 bits per heavy atom. The molecular weight excluding hydrogens is 276 g/mol. The second-order valence-electron chi connectivity index (χ2n) is 3.44. The minimum atomic E-state index is -4.17. The Morgan fingerprint density at radius 2 is 1.79 bits per heavy atom. The first-order valence-electron chi connectivity index (χ1n) is 5.07. The van der Waals surface area contributed by atoms with E-state index in [2.05, 4.69) is 9.88 Å². The number of benzene rings is 1. The molecular formula is C10H16N2O6S. The van der Waals surface area contributed by atoms with Crippen LogP contribution in [0.3, 0.4) is 0 Å². The van der Waals surface area contributed by atoms with E-state index in [-0.39, 0.29) is 19.1 Å². The van der Waals surface area contributed by atoms with Crippen LogP contribution in [0.2, 0.25) is 0 Å². The highest BCUT2D eigenvalue weighted by Crippen LogP contribution is 2.14. The van der Waals surface area contributed by atoms with Crippen molar-refractivity contribution in [2.45, 2.75) is 5.92 Å². The number of ether oxygens (including phenoxy) is 1. The Morgan fingerprint density at radius 1 is 1.32 bits per heavy atom.